The van der Waals surface area contributed by atoms with E-state index in [1.54, 1.807) is 37.4 Å². The average Bonchev–Trinajstić information content (AvgIpc) is 2.96. The van der Waals surface area contributed by atoms with Gasteiger partial charge in [0.05, 0.1) is 6.54 Å². The second-order valence-electron chi connectivity index (χ2n) is 6.43. The molecule has 140 valence electrons. The molecule has 0 saturated carbocycles. The lowest BCUT2D eigenvalue weighted by atomic mass is 10.1. The van der Waals surface area contributed by atoms with Crippen molar-refractivity contribution in [3.8, 4) is 0 Å². The van der Waals surface area contributed by atoms with Crippen molar-refractivity contribution in [3.05, 3.63) is 70.0 Å². The fraction of sp³-hybridized carbons (Fsp3) is 0.250. The van der Waals surface area contributed by atoms with E-state index >= 15 is 0 Å². The molecule has 0 radical (unpaired) electrons. The highest BCUT2D eigenvalue weighted by atomic mass is 35.5. The molecule has 1 heterocycles. The van der Waals surface area contributed by atoms with Gasteiger partial charge in [-0.1, -0.05) is 29.8 Å². The van der Waals surface area contributed by atoms with E-state index in [2.05, 4.69) is 0 Å². The highest BCUT2D eigenvalue weighted by Crippen LogP contribution is 2.21. The smallest absolute Gasteiger partial charge is 0.253 e. The first kappa shape index (κ1) is 19.0. The van der Waals surface area contributed by atoms with Crippen molar-refractivity contribution in [1.82, 2.24) is 9.80 Å². The molecule has 0 N–H and O–H groups in total. The van der Waals surface area contributed by atoms with E-state index in [0.717, 1.165) is 5.56 Å². The summed E-state index contributed by atoms with van der Waals surface area (Å²) in [6.45, 7) is 0.246. The van der Waals surface area contributed by atoms with E-state index in [9.17, 15) is 18.8 Å². The fourth-order valence-corrected chi connectivity index (χ4v) is 3.17. The monoisotopic (exact) mass is 388 g/mol. The predicted molar refractivity (Wildman–Crippen MR) is 98.4 cm³/mol. The Bertz CT molecular complexity index is 862. The third-order valence-corrected chi connectivity index (χ3v) is 4.85. The molecule has 1 aliphatic rings. The van der Waals surface area contributed by atoms with Crippen molar-refractivity contribution >= 4 is 29.3 Å². The first-order valence-corrected chi connectivity index (χ1v) is 8.85. The Balaban J connectivity index is 1.68. The van der Waals surface area contributed by atoms with Crippen LogP contribution in [0, 0.1) is 5.82 Å². The van der Waals surface area contributed by atoms with Crippen LogP contribution in [0.3, 0.4) is 0 Å². The first-order valence-electron chi connectivity index (χ1n) is 8.47. The Hall–Kier alpha value is -2.73. The Morgan fingerprint density at radius 1 is 1.11 bits per heavy atom. The molecule has 0 aliphatic carbocycles. The summed E-state index contributed by atoms with van der Waals surface area (Å²) in [4.78, 5) is 38.6. The Labute approximate surface area is 161 Å². The number of nitrogens with zero attached hydrogens (tertiary/aromatic N) is 2. The van der Waals surface area contributed by atoms with Crippen molar-refractivity contribution in [3.63, 3.8) is 0 Å². The van der Waals surface area contributed by atoms with Crippen molar-refractivity contribution in [2.75, 3.05) is 7.05 Å². The third kappa shape index (κ3) is 4.17. The Morgan fingerprint density at radius 2 is 1.74 bits per heavy atom. The van der Waals surface area contributed by atoms with Crippen LogP contribution in [0.1, 0.15) is 34.3 Å². The van der Waals surface area contributed by atoms with Gasteiger partial charge in [-0.3, -0.25) is 19.3 Å². The summed E-state index contributed by atoms with van der Waals surface area (Å²) in [6, 6.07) is 11.1. The molecule has 27 heavy (non-hydrogen) atoms. The summed E-state index contributed by atoms with van der Waals surface area (Å²) in [7, 11) is 1.57. The van der Waals surface area contributed by atoms with E-state index in [0.29, 0.717) is 5.56 Å². The summed E-state index contributed by atoms with van der Waals surface area (Å²) in [5, 5.41) is 0.268. The van der Waals surface area contributed by atoms with Gasteiger partial charge in [-0.05, 0) is 29.8 Å². The van der Waals surface area contributed by atoms with Crippen LogP contribution in [0.5, 0.6) is 0 Å². The number of hydrogen-bond acceptors (Lipinski definition) is 3. The van der Waals surface area contributed by atoms with Crippen LogP contribution in [-0.4, -0.2) is 34.6 Å². The van der Waals surface area contributed by atoms with E-state index in [1.807, 2.05) is 0 Å². The first-order chi connectivity index (χ1) is 12.9. The SMILES string of the molecule is CN(Cc1c(F)cccc1Cl)C(=O)c1ccc(CN2C(=O)CCC2=O)cc1. The average molecular weight is 389 g/mol. The van der Waals surface area contributed by atoms with E-state index < -0.39 is 5.82 Å². The molecule has 0 unspecified atom stereocenters. The van der Waals surface area contributed by atoms with Gasteiger partial charge in [0.1, 0.15) is 5.82 Å². The molecule has 0 bridgehead atoms. The van der Waals surface area contributed by atoms with Crippen LogP contribution < -0.4 is 0 Å². The Morgan fingerprint density at radius 3 is 2.33 bits per heavy atom. The molecule has 1 fully saturated rings. The minimum Gasteiger partial charge on any atom is -0.337 e. The summed E-state index contributed by atoms with van der Waals surface area (Å²) in [5.41, 5.74) is 1.44. The number of carbonyl (C=O) groups excluding carboxylic acids is 3. The van der Waals surface area contributed by atoms with E-state index in [1.165, 1.54) is 21.9 Å². The summed E-state index contributed by atoms with van der Waals surface area (Å²) in [5.74, 6) is -1.10. The lowest BCUT2D eigenvalue weighted by Gasteiger charge is -2.19. The maximum atomic E-state index is 13.9. The fourth-order valence-electron chi connectivity index (χ4n) is 2.95. The Kier molecular flexibility index (Phi) is 5.56. The lowest BCUT2D eigenvalue weighted by Crippen LogP contribution is -2.28. The van der Waals surface area contributed by atoms with Gasteiger partial charge in [0.15, 0.2) is 0 Å². The second kappa shape index (κ2) is 7.88. The predicted octanol–water partition coefficient (Wildman–Crippen LogP) is 3.40. The highest BCUT2D eigenvalue weighted by Gasteiger charge is 2.28. The van der Waals surface area contributed by atoms with Crippen LogP contribution in [0.4, 0.5) is 4.39 Å². The zero-order valence-corrected chi connectivity index (χ0v) is 15.5. The molecule has 0 atom stereocenters. The minimum absolute atomic E-state index is 0.0445. The van der Waals surface area contributed by atoms with Gasteiger partial charge < -0.3 is 4.90 Å². The number of benzene rings is 2. The van der Waals surface area contributed by atoms with Gasteiger partial charge in [0, 0.05) is 42.6 Å². The van der Waals surface area contributed by atoms with Crippen LogP contribution in [0.2, 0.25) is 5.02 Å². The van der Waals surface area contributed by atoms with Crippen LogP contribution in [0.15, 0.2) is 42.5 Å². The quantitative estimate of drug-likeness (QED) is 0.737. The molecule has 1 aliphatic heterocycles. The van der Waals surface area contributed by atoms with Crippen molar-refractivity contribution in [1.29, 1.82) is 0 Å². The molecule has 7 heteroatoms. The molecule has 5 nitrogen and oxygen atoms in total. The summed E-state index contributed by atoms with van der Waals surface area (Å²) in [6.07, 6.45) is 0.498. The zero-order chi connectivity index (χ0) is 19.6. The van der Waals surface area contributed by atoms with E-state index in [4.69, 9.17) is 11.6 Å². The van der Waals surface area contributed by atoms with Gasteiger partial charge in [0.2, 0.25) is 11.8 Å². The number of halogens is 2. The minimum atomic E-state index is -0.461. The molecule has 2 aromatic rings. The molecule has 0 aromatic heterocycles. The number of hydrogen-bond donors (Lipinski definition) is 0. The molecule has 2 aromatic carbocycles. The van der Waals surface area contributed by atoms with Gasteiger partial charge in [-0.15, -0.1) is 0 Å². The normalized spacial score (nSPS) is 14.0. The van der Waals surface area contributed by atoms with E-state index in [-0.39, 0.29) is 54.2 Å². The number of carbonyl (C=O) groups is 3. The molecule has 3 rings (SSSR count). The molecule has 3 amide bonds. The van der Waals surface area contributed by atoms with Crippen molar-refractivity contribution < 1.29 is 18.8 Å². The van der Waals surface area contributed by atoms with Gasteiger partial charge in [-0.25, -0.2) is 4.39 Å². The molecule has 0 spiro atoms. The third-order valence-electron chi connectivity index (χ3n) is 4.50. The number of imide groups is 1. The number of likely N-dealkylation sites (tertiary alicyclic amines) is 1. The number of amides is 3. The highest BCUT2D eigenvalue weighted by molar-refractivity contribution is 6.31. The second-order valence-corrected chi connectivity index (χ2v) is 6.84. The summed E-state index contributed by atoms with van der Waals surface area (Å²) >= 11 is 6.01. The topological polar surface area (TPSA) is 57.7 Å². The molecule has 1 saturated heterocycles. The maximum absolute atomic E-state index is 13.9. The maximum Gasteiger partial charge on any atom is 0.253 e. The van der Waals surface area contributed by atoms with Crippen molar-refractivity contribution in [2.45, 2.75) is 25.9 Å². The molecular weight excluding hydrogens is 371 g/mol. The van der Waals surface area contributed by atoms with Crippen LogP contribution in [0.25, 0.3) is 0 Å². The van der Waals surface area contributed by atoms with Crippen LogP contribution >= 0.6 is 11.6 Å². The van der Waals surface area contributed by atoms with Gasteiger partial charge in [0.25, 0.3) is 5.91 Å². The van der Waals surface area contributed by atoms with Crippen molar-refractivity contribution in [2.24, 2.45) is 0 Å². The summed E-state index contributed by atoms with van der Waals surface area (Å²) < 4.78 is 13.9. The lowest BCUT2D eigenvalue weighted by molar-refractivity contribution is -0.139. The zero-order valence-electron chi connectivity index (χ0n) is 14.7. The standard InChI is InChI=1S/C20H18ClFN2O3/c1-23(12-15-16(21)3-2-4-17(15)22)20(27)14-7-5-13(6-8-14)11-24-18(25)9-10-19(24)26/h2-8H,9-12H2,1H3. The van der Waals surface area contributed by atoms with Gasteiger partial charge in [-0.2, -0.15) is 0 Å². The van der Waals surface area contributed by atoms with Gasteiger partial charge >= 0.3 is 0 Å². The number of rotatable bonds is 5. The van der Waals surface area contributed by atoms with Crippen LogP contribution in [-0.2, 0) is 22.7 Å². The molecular formula is C20H18ClFN2O3. The largest absolute Gasteiger partial charge is 0.337 e.